The summed E-state index contributed by atoms with van der Waals surface area (Å²) in [5.41, 5.74) is 0.884. The predicted molar refractivity (Wildman–Crippen MR) is 55.6 cm³/mol. The molecule has 0 aromatic heterocycles. The Morgan fingerprint density at radius 1 is 0.857 bits per heavy atom. The van der Waals surface area contributed by atoms with Gasteiger partial charge in [-0.3, -0.25) is 0 Å². The van der Waals surface area contributed by atoms with E-state index in [4.69, 9.17) is 0 Å². The van der Waals surface area contributed by atoms with Gasteiger partial charge in [0.05, 0.1) is 0 Å². The van der Waals surface area contributed by atoms with E-state index in [-0.39, 0.29) is 0 Å². The summed E-state index contributed by atoms with van der Waals surface area (Å²) in [6.07, 6.45) is 4.93. The van der Waals surface area contributed by atoms with Gasteiger partial charge in [-0.05, 0) is 72.0 Å². The van der Waals surface area contributed by atoms with Gasteiger partial charge >= 0.3 is 0 Å². The van der Waals surface area contributed by atoms with Crippen LogP contribution in [0, 0.1) is 52.8 Å². The minimum absolute atomic E-state index is 0.884. The number of hydrogen-bond acceptors (Lipinski definition) is 0. The predicted octanol–water partition coefficient (Wildman–Crippen LogP) is 3.18. The first-order valence-corrected chi connectivity index (χ1v) is 6.76. The minimum atomic E-state index is 0.884. The van der Waals surface area contributed by atoms with E-state index in [1.165, 1.54) is 41.4 Å². The fraction of sp³-hybridized carbons (Fsp3) is 1.00. The Hall–Kier alpha value is 0. The van der Waals surface area contributed by atoms with E-state index in [1.807, 2.05) is 0 Å². The van der Waals surface area contributed by atoms with Gasteiger partial charge in [0, 0.05) is 0 Å². The first-order chi connectivity index (χ1) is 6.76. The first kappa shape index (κ1) is 7.30. The van der Waals surface area contributed by atoms with Crippen LogP contribution in [0.2, 0.25) is 0 Å². The van der Waals surface area contributed by atoms with Crippen molar-refractivity contribution in [3.8, 4) is 0 Å². The lowest BCUT2D eigenvalue weighted by molar-refractivity contribution is -0.0190. The van der Waals surface area contributed by atoms with Crippen molar-refractivity contribution in [3.63, 3.8) is 0 Å². The average molecular weight is 188 g/mol. The molecule has 14 heavy (non-hydrogen) atoms. The van der Waals surface area contributed by atoms with E-state index in [9.17, 15) is 0 Å². The molecule has 0 heterocycles. The quantitative estimate of drug-likeness (QED) is 0.593. The van der Waals surface area contributed by atoms with Crippen LogP contribution in [0.3, 0.4) is 0 Å². The molecule has 0 saturated heterocycles. The monoisotopic (exact) mass is 188 g/mol. The van der Waals surface area contributed by atoms with Crippen LogP contribution in [-0.2, 0) is 0 Å². The second-order valence-corrected chi connectivity index (χ2v) is 7.25. The topological polar surface area (TPSA) is 0 Å². The lowest BCUT2D eigenvalue weighted by atomic mass is 9.56. The van der Waals surface area contributed by atoms with Gasteiger partial charge in [0.1, 0.15) is 0 Å². The summed E-state index contributed by atoms with van der Waals surface area (Å²) in [7, 11) is 0. The third kappa shape index (κ3) is 0.498. The van der Waals surface area contributed by atoms with E-state index in [0.29, 0.717) is 0 Å². The summed E-state index contributed by atoms with van der Waals surface area (Å²) in [5.74, 6) is 9.54. The fourth-order valence-corrected chi connectivity index (χ4v) is 6.71. The number of hydrogen-bond donors (Lipinski definition) is 0. The van der Waals surface area contributed by atoms with Crippen LogP contribution < -0.4 is 0 Å². The normalized spacial score (nSPS) is 75.2. The van der Waals surface area contributed by atoms with E-state index in [2.05, 4.69) is 13.8 Å². The molecule has 0 aliphatic heterocycles. The van der Waals surface area contributed by atoms with Gasteiger partial charge < -0.3 is 0 Å². The molecule has 0 aromatic rings. The van der Waals surface area contributed by atoms with Gasteiger partial charge in [0.2, 0.25) is 0 Å². The summed E-state index contributed by atoms with van der Waals surface area (Å²) in [6.45, 7) is 5.07. The molecule has 0 aromatic carbocycles. The highest BCUT2D eigenvalue weighted by molar-refractivity contribution is 5.31. The van der Waals surface area contributed by atoms with Crippen molar-refractivity contribution in [3.05, 3.63) is 0 Å². The molecule has 6 aliphatic carbocycles. The molecular formula is C14H20. The Bertz CT molecular complexity index is 283. The standard InChI is InChI=1S/C14H20/c1-6(2)14-10-3-7(10)13(8-4-11(8)14)9-5-12(9)14/h6-13H,3-5H2,1-2H3. The summed E-state index contributed by atoms with van der Waals surface area (Å²) in [6, 6.07) is 0. The van der Waals surface area contributed by atoms with E-state index < -0.39 is 0 Å². The van der Waals surface area contributed by atoms with Crippen LogP contribution in [-0.4, -0.2) is 0 Å². The second-order valence-electron chi connectivity index (χ2n) is 7.25. The maximum atomic E-state index is 2.53. The molecule has 6 saturated carbocycles. The first-order valence-electron chi connectivity index (χ1n) is 6.76. The molecule has 6 rings (SSSR count). The Balaban J connectivity index is 1.74. The van der Waals surface area contributed by atoms with E-state index >= 15 is 0 Å². The van der Waals surface area contributed by atoms with Crippen molar-refractivity contribution in [1.29, 1.82) is 0 Å². The van der Waals surface area contributed by atoms with E-state index in [0.717, 1.165) is 11.3 Å². The maximum absolute atomic E-state index is 2.53. The number of rotatable bonds is 1. The molecule has 76 valence electrons. The lowest BCUT2D eigenvalue weighted by Crippen LogP contribution is -2.45. The van der Waals surface area contributed by atoms with Crippen LogP contribution in [0.5, 0.6) is 0 Å². The van der Waals surface area contributed by atoms with Crippen molar-refractivity contribution >= 4 is 0 Å². The van der Waals surface area contributed by atoms with Crippen LogP contribution in [0.1, 0.15) is 33.1 Å². The van der Waals surface area contributed by atoms with Crippen molar-refractivity contribution in [1.82, 2.24) is 0 Å². The van der Waals surface area contributed by atoms with Gasteiger partial charge in [-0.25, -0.2) is 0 Å². The Morgan fingerprint density at radius 3 is 1.64 bits per heavy atom. The Morgan fingerprint density at radius 2 is 1.29 bits per heavy atom. The molecule has 6 atom stereocenters. The highest BCUT2D eigenvalue weighted by atomic mass is 14.9. The highest BCUT2D eigenvalue weighted by Crippen LogP contribution is 2.89. The van der Waals surface area contributed by atoms with Gasteiger partial charge in [-0.15, -0.1) is 0 Å². The molecule has 0 amide bonds. The van der Waals surface area contributed by atoms with Gasteiger partial charge in [0.15, 0.2) is 0 Å². The van der Waals surface area contributed by atoms with Crippen molar-refractivity contribution in [2.45, 2.75) is 33.1 Å². The highest BCUT2D eigenvalue weighted by Gasteiger charge is 2.83. The fourth-order valence-electron chi connectivity index (χ4n) is 6.71. The zero-order valence-corrected chi connectivity index (χ0v) is 9.24. The third-order valence-electron chi connectivity index (χ3n) is 6.93. The van der Waals surface area contributed by atoms with Gasteiger partial charge in [0.25, 0.3) is 0 Å². The van der Waals surface area contributed by atoms with E-state index in [1.54, 1.807) is 19.3 Å². The summed E-state index contributed by atoms with van der Waals surface area (Å²) in [5, 5.41) is 0. The summed E-state index contributed by atoms with van der Waals surface area (Å²) < 4.78 is 0. The van der Waals surface area contributed by atoms with Crippen molar-refractivity contribution in [2.75, 3.05) is 0 Å². The molecule has 0 heteroatoms. The molecule has 0 radical (unpaired) electrons. The zero-order chi connectivity index (χ0) is 9.24. The largest absolute Gasteiger partial charge is 0.0622 e. The molecule has 6 fully saturated rings. The van der Waals surface area contributed by atoms with Crippen molar-refractivity contribution < 1.29 is 0 Å². The second kappa shape index (κ2) is 1.72. The Labute approximate surface area is 86.5 Å². The maximum Gasteiger partial charge on any atom is -0.0181 e. The molecule has 2 bridgehead atoms. The minimum Gasteiger partial charge on any atom is -0.0622 e. The summed E-state index contributed by atoms with van der Waals surface area (Å²) in [4.78, 5) is 0. The molecule has 0 spiro atoms. The lowest BCUT2D eigenvalue weighted by Gasteiger charge is -2.49. The van der Waals surface area contributed by atoms with Crippen LogP contribution >= 0.6 is 0 Å². The van der Waals surface area contributed by atoms with Gasteiger partial charge in [-0.2, -0.15) is 0 Å². The third-order valence-corrected chi connectivity index (χ3v) is 6.93. The zero-order valence-electron chi connectivity index (χ0n) is 9.24. The molecular weight excluding hydrogens is 168 g/mol. The smallest absolute Gasteiger partial charge is 0.0181 e. The van der Waals surface area contributed by atoms with Crippen LogP contribution in [0.4, 0.5) is 0 Å². The molecule has 0 N–H and O–H groups in total. The molecule has 6 aliphatic rings. The Kier molecular flexibility index (Phi) is 0.897. The SMILES string of the molecule is CC(C)C12C3CC3C(C3CC31)C1CC12. The van der Waals surface area contributed by atoms with Crippen LogP contribution in [0.15, 0.2) is 0 Å². The average Bonchev–Trinajstić information content (AvgIpc) is 2.91. The van der Waals surface area contributed by atoms with Crippen LogP contribution in [0.25, 0.3) is 0 Å². The van der Waals surface area contributed by atoms with Crippen molar-refractivity contribution in [2.24, 2.45) is 52.8 Å². The molecule has 6 unspecified atom stereocenters. The van der Waals surface area contributed by atoms with Gasteiger partial charge in [-0.1, -0.05) is 13.8 Å². The summed E-state index contributed by atoms with van der Waals surface area (Å²) >= 11 is 0. The molecule has 0 nitrogen and oxygen atoms in total.